The predicted octanol–water partition coefficient (Wildman–Crippen LogP) is 14.0. The topological polar surface area (TPSA) is 44.5 Å². The van der Waals surface area contributed by atoms with Gasteiger partial charge in [-0.3, -0.25) is 0 Å². The third-order valence-electron chi connectivity index (χ3n) is 11.0. The van der Waals surface area contributed by atoms with Gasteiger partial charge in [0.2, 0.25) is 0 Å². The summed E-state index contributed by atoms with van der Waals surface area (Å²) in [5, 5.41) is 0. The number of allylic oxidation sites excluding steroid dienone is 8. The van der Waals surface area contributed by atoms with Crippen LogP contribution in [0.4, 0.5) is 0 Å². The Morgan fingerprint density at radius 3 is 1.33 bits per heavy atom. The molecule has 0 aromatic heterocycles. The molecule has 1 heterocycles. The van der Waals surface area contributed by atoms with Gasteiger partial charge in [-0.05, 0) is 89.9 Å². The molecular weight excluding hydrogens is 587 g/mol. The van der Waals surface area contributed by atoms with E-state index in [2.05, 4.69) is 76.3 Å². The molecule has 3 atom stereocenters. The molecule has 48 heavy (non-hydrogen) atoms. The second-order valence-corrected chi connectivity index (χ2v) is 15.8. The van der Waals surface area contributed by atoms with Gasteiger partial charge in [0.15, 0.2) is 5.79 Å². The molecule has 0 amide bonds. The molecule has 0 aromatic carbocycles. The number of rotatable bonds is 30. The van der Waals surface area contributed by atoms with Gasteiger partial charge in [-0.1, -0.05) is 153 Å². The van der Waals surface area contributed by atoms with Gasteiger partial charge in [-0.2, -0.15) is 0 Å². The molecule has 278 valence electrons. The summed E-state index contributed by atoms with van der Waals surface area (Å²) < 4.78 is 13.8. The zero-order valence-corrected chi connectivity index (χ0v) is 32.5. The van der Waals surface area contributed by atoms with E-state index in [1.165, 1.54) is 141 Å². The predicted molar refractivity (Wildman–Crippen MR) is 211 cm³/mol. The Morgan fingerprint density at radius 2 is 0.896 bits per heavy atom. The lowest BCUT2D eigenvalue weighted by Crippen LogP contribution is -2.53. The Hall–Kier alpha value is -1.16. The van der Waals surface area contributed by atoms with E-state index in [-0.39, 0.29) is 29.5 Å². The fourth-order valence-corrected chi connectivity index (χ4v) is 7.57. The maximum absolute atomic E-state index is 6.96. The normalized spacial score (nSPS) is 22.2. The van der Waals surface area contributed by atoms with Gasteiger partial charge < -0.3 is 15.2 Å². The van der Waals surface area contributed by atoms with Crippen LogP contribution in [0.25, 0.3) is 0 Å². The minimum Gasteiger partial charge on any atom is -0.344 e. The number of hydrogen-bond donors (Lipinski definition) is 1. The minimum atomic E-state index is -0.388. The van der Waals surface area contributed by atoms with E-state index in [9.17, 15) is 0 Å². The van der Waals surface area contributed by atoms with Crippen molar-refractivity contribution >= 4 is 0 Å². The smallest absolute Gasteiger partial charge is 0.169 e. The van der Waals surface area contributed by atoms with Crippen LogP contribution >= 0.6 is 0 Å². The lowest BCUT2D eigenvalue weighted by atomic mass is 9.70. The van der Waals surface area contributed by atoms with E-state index >= 15 is 0 Å². The van der Waals surface area contributed by atoms with E-state index in [1.54, 1.807) is 0 Å². The van der Waals surface area contributed by atoms with E-state index in [4.69, 9.17) is 15.2 Å². The first-order valence-electron chi connectivity index (χ1n) is 21.2. The van der Waals surface area contributed by atoms with Crippen LogP contribution in [0.5, 0.6) is 0 Å². The summed E-state index contributed by atoms with van der Waals surface area (Å²) in [4.78, 5) is 0. The first kappa shape index (κ1) is 43.0. The van der Waals surface area contributed by atoms with Crippen LogP contribution in [0.15, 0.2) is 48.6 Å². The van der Waals surface area contributed by atoms with Gasteiger partial charge in [-0.25, -0.2) is 0 Å². The monoisotopic (exact) mass is 668 g/mol. The molecule has 0 bridgehead atoms. The van der Waals surface area contributed by atoms with Crippen molar-refractivity contribution in [3.8, 4) is 0 Å². The molecule has 1 aliphatic carbocycles. The van der Waals surface area contributed by atoms with Crippen LogP contribution in [0, 0.1) is 5.41 Å². The van der Waals surface area contributed by atoms with Crippen LogP contribution in [-0.4, -0.2) is 24.0 Å². The molecule has 2 rings (SSSR count). The number of fused-ring (bicyclic) bond motifs is 1. The summed E-state index contributed by atoms with van der Waals surface area (Å²) in [6.45, 7) is 9.14. The summed E-state index contributed by atoms with van der Waals surface area (Å²) >= 11 is 0. The highest BCUT2D eigenvalue weighted by Crippen LogP contribution is 2.49. The van der Waals surface area contributed by atoms with Gasteiger partial charge in [0.1, 0.15) is 0 Å². The van der Waals surface area contributed by atoms with Crippen molar-refractivity contribution in [3.63, 3.8) is 0 Å². The van der Waals surface area contributed by atoms with Crippen molar-refractivity contribution in [2.45, 2.75) is 232 Å². The lowest BCUT2D eigenvalue weighted by Gasteiger charge is -2.43. The number of unbranched alkanes of at least 4 members (excludes halogenated alkanes) is 18. The first-order valence-corrected chi connectivity index (χ1v) is 21.2. The number of ether oxygens (including phenoxy) is 2. The highest BCUT2D eigenvalue weighted by atomic mass is 16.8. The average molecular weight is 668 g/mol. The van der Waals surface area contributed by atoms with Crippen molar-refractivity contribution in [1.29, 1.82) is 0 Å². The highest BCUT2D eigenvalue weighted by molar-refractivity contribution is 5.02. The Labute approximate surface area is 300 Å². The fraction of sp³-hybridized carbons (Fsp3) is 0.822. The zero-order chi connectivity index (χ0) is 34.6. The molecule has 1 saturated carbocycles. The third-order valence-corrected chi connectivity index (χ3v) is 11.0. The summed E-state index contributed by atoms with van der Waals surface area (Å²) in [6, 6.07) is 0.196. The molecule has 3 unspecified atom stereocenters. The molecule has 0 radical (unpaired) electrons. The maximum Gasteiger partial charge on any atom is 0.169 e. The Balaban J connectivity index is 1.61. The highest BCUT2D eigenvalue weighted by Gasteiger charge is 2.55. The van der Waals surface area contributed by atoms with Gasteiger partial charge in [0.05, 0.1) is 12.2 Å². The molecule has 2 N–H and O–H groups in total. The maximum atomic E-state index is 6.96. The van der Waals surface area contributed by atoms with Gasteiger partial charge in [0, 0.05) is 24.3 Å². The summed E-state index contributed by atoms with van der Waals surface area (Å²) in [7, 11) is 0. The van der Waals surface area contributed by atoms with E-state index in [0.29, 0.717) is 0 Å². The molecule has 0 aromatic rings. The molecule has 3 nitrogen and oxygen atoms in total. The largest absolute Gasteiger partial charge is 0.344 e. The van der Waals surface area contributed by atoms with E-state index in [1.807, 2.05) is 0 Å². The van der Waals surface area contributed by atoms with Crippen LogP contribution in [0.2, 0.25) is 0 Å². The SMILES string of the molecule is CCCCC/C=C\C/C=C\CCCCCCCCC1(CCCCCCCC/C=C\C/C=C\CCCCC)OC2CCC(N)C(C)(C)C2O1. The molecule has 2 fully saturated rings. The van der Waals surface area contributed by atoms with Crippen molar-refractivity contribution < 1.29 is 9.47 Å². The summed E-state index contributed by atoms with van der Waals surface area (Å²) in [6.07, 6.45) is 54.1. The number of hydrogen-bond acceptors (Lipinski definition) is 3. The van der Waals surface area contributed by atoms with E-state index < -0.39 is 0 Å². The minimum absolute atomic E-state index is 0.0244. The number of nitrogens with two attached hydrogens (primary N) is 1. The summed E-state index contributed by atoms with van der Waals surface area (Å²) in [5.74, 6) is -0.388. The van der Waals surface area contributed by atoms with Gasteiger partial charge in [0.25, 0.3) is 0 Å². The third kappa shape index (κ3) is 18.7. The van der Waals surface area contributed by atoms with Crippen molar-refractivity contribution in [3.05, 3.63) is 48.6 Å². The first-order chi connectivity index (χ1) is 23.4. The Kier molecular flexibility index (Phi) is 24.7. The molecule has 2 aliphatic rings. The van der Waals surface area contributed by atoms with Crippen molar-refractivity contribution in [1.82, 2.24) is 0 Å². The van der Waals surface area contributed by atoms with Gasteiger partial charge in [-0.15, -0.1) is 0 Å². The summed E-state index contributed by atoms with van der Waals surface area (Å²) in [5.41, 5.74) is 6.56. The Bertz CT molecular complexity index is 822. The van der Waals surface area contributed by atoms with Gasteiger partial charge >= 0.3 is 0 Å². The van der Waals surface area contributed by atoms with Crippen LogP contribution in [-0.2, 0) is 9.47 Å². The standard InChI is InChI=1S/C45H81NO2/c1-5-7-9-11-13-15-17-19-21-23-25-27-29-31-33-35-39-45(47-41-37-38-42(46)44(3,4)43(41)48-45)40-36-34-32-30-28-26-24-22-20-18-16-14-12-10-8-6-2/h13-16,19-22,41-43H,5-12,17-18,23-40,46H2,1-4H3/b15-13-,16-14-,21-19-,22-20-. The molecule has 1 saturated heterocycles. The van der Waals surface area contributed by atoms with Crippen LogP contribution in [0.3, 0.4) is 0 Å². The second-order valence-electron chi connectivity index (χ2n) is 15.8. The Morgan fingerprint density at radius 1 is 0.500 bits per heavy atom. The van der Waals surface area contributed by atoms with Crippen LogP contribution in [0.1, 0.15) is 207 Å². The fourth-order valence-electron chi connectivity index (χ4n) is 7.57. The zero-order valence-electron chi connectivity index (χ0n) is 32.5. The lowest BCUT2D eigenvalue weighted by molar-refractivity contribution is -0.193. The molecular formula is C45H81NO2. The van der Waals surface area contributed by atoms with E-state index in [0.717, 1.165) is 38.5 Å². The average Bonchev–Trinajstić information content (AvgIpc) is 3.46. The molecule has 0 spiro atoms. The second kappa shape index (κ2) is 27.5. The molecule has 3 heteroatoms. The van der Waals surface area contributed by atoms with Crippen molar-refractivity contribution in [2.75, 3.05) is 0 Å². The molecule has 1 aliphatic heterocycles. The van der Waals surface area contributed by atoms with Crippen LogP contribution < -0.4 is 5.73 Å². The quantitative estimate of drug-likeness (QED) is 0.0612. The van der Waals surface area contributed by atoms with Crippen molar-refractivity contribution in [2.24, 2.45) is 11.1 Å².